The van der Waals surface area contributed by atoms with Crippen LogP contribution >= 0.6 is 0 Å². The predicted octanol–water partition coefficient (Wildman–Crippen LogP) is 3.46. The van der Waals surface area contributed by atoms with Gasteiger partial charge in [0.25, 0.3) is 5.91 Å². The second-order valence-electron chi connectivity index (χ2n) is 5.53. The molecular weight excluding hydrogens is 318 g/mol. The molecule has 0 bridgehead atoms. The lowest BCUT2D eigenvalue weighted by Gasteiger charge is -2.07. The molecule has 0 saturated carbocycles. The van der Waals surface area contributed by atoms with Gasteiger partial charge in [0.05, 0.1) is 5.56 Å². The second-order valence-corrected chi connectivity index (χ2v) is 5.53. The molecule has 0 spiro atoms. The van der Waals surface area contributed by atoms with Crippen molar-refractivity contribution in [2.45, 2.75) is 13.8 Å². The minimum Gasteiger partial charge on any atom is -0.478 e. The first-order valence-electron chi connectivity index (χ1n) is 7.49. The number of nitriles is 1. The fraction of sp³-hybridized carbons (Fsp3) is 0.105. The van der Waals surface area contributed by atoms with E-state index in [1.54, 1.807) is 6.07 Å². The van der Waals surface area contributed by atoms with E-state index >= 15 is 0 Å². The number of aryl methyl sites for hydroxylation is 2. The first kappa shape index (κ1) is 17.8. The molecule has 0 aliphatic carbocycles. The lowest BCUT2D eigenvalue weighted by molar-refractivity contribution is -0.112. The Morgan fingerprint density at radius 1 is 1.08 bits per heavy atom. The van der Waals surface area contributed by atoms with Gasteiger partial charge in [-0.1, -0.05) is 12.1 Å². The van der Waals surface area contributed by atoms with E-state index in [9.17, 15) is 14.9 Å². The summed E-state index contributed by atoms with van der Waals surface area (Å²) in [6.45, 7) is 3.91. The third-order valence-electron chi connectivity index (χ3n) is 3.34. The van der Waals surface area contributed by atoms with Crippen LogP contribution in [0.1, 0.15) is 21.5 Å². The van der Waals surface area contributed by atoms with Crippen molar-refractivity contribution in [1.82, 2.24) is 0 Å². The quantitative estimate of drug-likeness (QED) is 0.573. The highest BCUT2D eigenvalue weighted by molar-refractivity contribution is 6.07. The highest BCUT2D eigenvalue weighted by Crippen LogP contribution is 2.15. The largest absolute Gasteiger partial charge is 0.478 e. The molecule has 0 aliphatic heterocycles. The number of aromatic carboxylic acids is 1. The van der Waals surface area contributed by atoms with Crippen molar-refractivity contribution in [1.29, 1.82) is 5.26 Å². The Kier molecular flexibility index (Phi) is 5.54. The number of nitrogens with one attached hydrogen (secondary N) is 2. The third-order valence-corrected chi connectivity index (χ3v) is 3.34. The Balaban J connectivity index is 2.14. The summed E-state index contributed by atoms with van der Waals surface area (Å²) >= 11 is 0. The lowest BCUT2D eigenvalue weighted by Crippen LogP contribution is -2.15. The van der Waals surface area contributed by atoms with Gasteiger partial charge in [-0.15, -0.1) is 0 Å². The first-order chi connectivity index (χ1) is 11.9. The lowest BCUT2D eigenvalue weighted by atomic mass is 10.1. The van der Waals surface area contributed by atoms with Gasteiger partial charge >= 0.3 is 5.97 Å². The van der Waals surface area contributed by atoms with Gasteiger partial charge in [0.15, 0.2) is 0 Å². The minimum atomic E-state index is -1.09. The monoisotopic (exact) mass is 335 g/mol. The van der Waals surface area contributed by atoms with Crippen LogP contribution in [0.3, 0.4) is 0 Å². The van der Waals surface area contributed by atoms with Crippen molar-refractivity contribution in [3.05, 3.63) is 70.9 Å². The summed E-state index contributed by atoms with van der Waals surface area (Å²) in [5.74, 6) is -1.72. The van der Waals surface area contributed by atoms with Crippen molar-refractivity contribution in [2.24, 2.45) is 0 Å². The summed E-state index contributed by atoms with van der Waals surface area (Å²) in [4.78, 5) is 23.1. The number of carboxylic acids is 1. The summed E-state index contributed by atoms with van der Waals surface area (Å²) in [7, 11) is 0. The van der Waals surface area contributed by atoms with Gasteiger partial charge in [0.1, 0.15) is 11.6 Å². The van der Waals surface area contributed by atoms with E-state index < -0.39 is 11.9 Å². The average Bonchev–Trinajstić information content (AvgIpc) is 2.54. The zero-order valence-corrected chi connectivity index (χ0v) is 13.8. The molecule has 0 heterocycles. The molecule has 2 aromatic rings. The maximum atomic E-state index is 12.2. The maximum Gasteiger partial charge on any atom is 0.335 e. The molecule has 0 saturated heterocycles. The van der Waals surface area contributed by atoms with Gasteiger partial charge in [0, 0.05) is 17.6 Å². The van der Waals surface area contributed by atoms with Crippen molar-refractivity contribution in [3.8, 4) is 6.07 Å². The summed E-state index contributed by atoms with van der Waals surface area (Å²) in [5, 5.41) is 23.6. The summed E-state index contributed by atoms with van der Waals surface area (Å²) in [6, 6.07) is 13.4. The van der Waals surface area contributed by atoms with Gasteiger partial charge in [-0.05, 0) is 55.3 Å². The second kappa shape index (κ2) is 7.79. The van der Waals surface area contributed by atoms with E-state index in [1.165, 1.54) is 24.4 Å². The molecule has 3 N–H and O–H groups in total. The van der Waals surface area contributed by atoms with E-state index in [0.717, 1.165) is 16.8 Å². The van der Waals surface area contributed by atoms with Crippen LogP contribution in [-0.4, -0.2) is 17.0 Å². The standard InChI is InChI=1S/C19H17N3O3/c1-12-6-13(2)8-17(7-12)21-11-15(10-20)18(23)22-16-5-3-4-14(9-16)19(24)25/h3-9,11,21H,1-2H3,(H,22,23)(H,24,25)/b15-11-. The van der Waals surface area contributed by atoms with Gasteiger partial charge in [-0.2, -0.15) is 5.26 Å². The first-order valence-corrected chi connectivity index (χ1v) is 7.49. The Bertz CT molecular complexity index is 875. The van der Waals surface area contributed by atoms with E-state index in [-0.39, 0.29) is 11.1 Å². The number of carbonyl (C=O) groups excluding carboxylic acids is 1. The van der Waals surface area contributed by atoms with Crippen LogP contribution < -0.4 is 10.6 Å². The van der Waals surface area contributed by atoms with Crippen molar-refractivity contribution in [2.75, 3.05) is 10.6 Å². The molecule has 126 valence electrons. The molecule has 2 aromatic carbocycles. The molecule has 6 heteroatoms. The number of amides is 1. The molecule has 25 heavy (non-hydrogen) atoms. The van der Waals surface area contributed by atoms with Gasteiger partial charge in [-0.25, -0.2) is 4.79 Å². The maximum absolute atomic E-state index is 12.2. The highest BCUT2D eigenvalue weighted by atomic mass is 16.4. The fourth-order valence-corrected chi connectivity index (χ4v) is 2.29. The van der Waals surface area contributed by atoms with E-state index in [1.807, 2.05) is 38.1 Å². The van der Waals surface area contributed by atoms with Gasteiger partial charge in [0.2, 0.25) is 0 Å². The van der Waals surface area contributed by atoms with Crippen LogP contribution in [0.2, 0.25) is 0 Å². The number of rotatable bonds is 5. The van der Waals surface area contributed by atoms with E-state index in [2.05, 4.69) is 10.6 Å². The zero-order valence-electron chi connectivity index (χ0n) is 13.8. The number of hydrogen-bond acceptors (Lipinski definition) is 4. The number of benzene rings is 2. The SMILES string of the molecule is Cc1cc(C)cc(N/C=C(/C#N)C(=O)Nc2cccc(C(=O)O)c2)c1. The molecule has 2 rings (SSSR count). The van der Waals surface area contributed by atoms with Crippen LogP contribution in [0.25, 0.3) is 0 Å². The van der Waals surface area contributed by atoms with Gasteiger partial charge < -0.3 is 15.7 Å². The zero-order chi connectivity index (χ0) is 18.4. The topological polar surface area (TPSA) is 102 Å². The van der Waals surface area contributed by atoms with Gasteiger partial charge in [-0.3, -0.25) is 4.79 Å². The summed E-state index contributed by atoms with van der Waals surface area (Å²) in [5.41, 5.74) is 3.12. The molecule has 0 aromatic heterocycles. The molecular formula is C19H17N3O3. The molecule has 6 nitrogen and oxygen atoms in total. The van der Waals surface area contributed by atoms with E-state index in [4.69, 9.17) is 5.11 Å². The molecule has 0 atom stereocenters. The van der Waals surface area contributed by atoms with Crippen molar-refractivity contribution < 1.29 is 14.7 Å². The molecule has 0 fully saturated rings. The number of nitrogens with zero attached hydrogens (tertiary/aromatic N) is 1. The number of anilines is 2. The van der Waals surface area contributed by atoms with Crippen molar-refractivity contribution >= 4 is 23.3 Å². The molecule has 0 aliphatic rings. The third kappa shape index (κ3) is 4.94. The fourth-order valence-electron chi connectivity index (χ4n) is 2.29. The summed E-state index contributed by atoms with van der Waals surface area (Å²) < 4.78 is 0. The Labute approximate surface area is 145 Å². The predicted molar refractivity (Wildman–Crippen MR) is 95.3 cm³/mol. The van der Waals surface area contributed by atoms with Crippen LogP contribution in [0, 0.1) is 25.2 Å². The minimum absolute atomic E-state index is 0.0497. The van der Waals surface area contributed by atoms with Crippen LogP contribution in [-0.2, 0) is 4.79 Å². The normalized spacial score (nSPS) is 10.7. The van der Waals surface area contributed by atoms with Crippen LogP contribution in [0.15, 0.2) is 54.2 Å². The summed E-state index contributed by atoms with van der Waals surface area (Å²) in [6.07, 6.45) is 1.32. The Morgan fingerprint density at radius 2 is 1.76 bits per heavy atom. The molecule has 1 amide bonds. The van der Waals surface area contributed by atoms with Crippen LogP contribution in [0.4, 0.5) is 11.4 Å². The van der Waals surface area contributed by atoms with Crippen molar-refractivity contribution in [3.63, 3.8) is 0 Å². The van der Waals surface area contributed by atoms with E-state index in [0.29, 0.717) is 5.69 Å². The average molecular weight is 335 g/mol. The number of carboxylic acid groups (broad SMARTS) is 1. The Morgan fingerprint density at radius 3 is 2.36 bits per heavy atom. The molecule has 0 radical (unpaired) electrons. The molecule has 0 unspecified atom stereocenters. The van der Waals surface area contributed by atoms with Crippen LogP contribution in [0.5, 0.6) is 0 Å². The number of hydrogen-bond donors (Lipinski definition) is 3. The number of carbonyl (C=O) groups is 2. The highest BCUT2D eigenvalue weighted by Gasteiger charge is 2.11. The Hall–Kier alpha value is -3.59. The smallest absolute Gasteiger partial charge is 0.335 e.